The highest BCUT2D eigenvalue weighted by atomic mass is 16.3. The lowest BCUT2D eigenvalue weighted by molar-refractivity contribution is 0.186. The molecule has 1 aliphatic heterocycles. The number of nitrogens with two attached hydrogens (primary N) is 1. The topological polar surface area (TPSA) is 62.4 Å². The summed E-state index contributed by atoms with van der Waals surface area (Å²) in [5.74, 6) is 1.00. The first-order valence-corrected chi connectivity index (χ1v) is 5.40. The molecule has 0 unspecified atom stereocenters. The van der Waals surface area contributed by atoms with Gasteiger partial charge in [-0.2, -0.15) is 0 Å². The van der Waals surface area contributed by atoms with E-state index < -0.39 is 6.10 Å². The summed E-state index contributed by atoms with van der Waals surface area (Å²) < 4.78 is 0. The predicted octanol–water partition coefficient (Wildman–Crippen LogP) is 0.674. The standard InChI is InChI=1S/C11H17N3O/c12-7-10(15)9-3-4-11(13-8-9)14-5-1-2-6-14/h3-4,8,10,15H,1-2,5-7,12H2/t10-/m1/s1. The Morgan fingerprint density at radius 2 is 2.13 bits per heavy atom. The molecule has 0 saturated carbocycles. The van der Waals surface area contributed by atoms with Crippen molar-refractivity contribution in [3.8, 4) is 0 Å². The first-order valence-electron chi connectivity index (χ1n) is 5.40. The summed E-state index contributed by atoms with van der Waals surface area (Å²) in [5, 5.41) is 9.51. The highest BCUT2D eigenvalue weighted by molar-refractivity contribution is 5.40. The first-order chi connectivity index (χ1) is 7.31. The summed E-state index contributed by atoms with van der Waals surface area (Å²) in [7, 11) is 0. The van der Waals surface area contributed by atoms with E-state index in [1.165, 1.54) is 12.8 Å². The van der Waals surface area contributed by atoms with Gasteiger partial charge in [-0.1, -0.05) is 6.07 Å². The second kappa shape index (κ2) is 4.59. The van der Waals surface area contributed by atoms with E-state index in [1.54, 1.807) is 6.20 Å². The van der Waals surface area contributed by atoms with Crippen LogP contribution in [-0.2, 0) is 0 Å². The lowest BCUT2D eigenvalue weighted by Gasteiger charge is -2.17. The van der Waals surface area contributed by atoms with Crippen molar-refractivity contribution >= 4 is 5.82 Å². The lowest BCUT2D eigenvalue weighted by atomic mass is 10.1. The summed E-state index contributed by atoms with van der Waals surface area (Å²) in [6.45, 7) is 2.42. The Hall–Kier alpha value is -1.13. The molecule has 0 spiro atoms. The van der Waals surface area contributed by atoms with Crippen LogP contribution in [0, 0.1) is 0 Å². The van der Waals surface area contributed by atoms with Crippen LogP contribution in [0.4, 0.5) is 5.82 Å². The average molecular weight is 207 g/mol. The fraction of sp³-hybridized carbons (Fsp3) is 0.545. The van der Waals surface area contributed by atoms with Crippen LogP contribution in [0.15, 0.2) is 18.3 Å². The maximum atomic E-state index is 9.51. The van der Waals surface area contributed by atoms with E-state index in [-0.39, 0.29) is 6.54 Å². The maximum absolute atomic E-state index is 9.51. The Balaban J connectivity index is 2.09. The van der Waals surface area contributed by atoms with Crippen molar-refractivity contribution in [3.05, 3.63) is 23.9 Å². The molecule has 1 aromatic rings. The summed E-state index contributed by atoms with van der Waals surface area (Å²) in [6, 6.07) is 3.86. The second-order valence-corrected chi connectivity index (χ2v) is 3.90. The molecule has 2 rings (SSSR count). The van der Waals surface area contributed by atoms with E-state index in [9.17, 15) is 5.11 Å². The summed E-state index contributed by atoms with van der Waals surface area (Å²) in [5.41, 5.74) is 6.17. The van der Waals surface area contributed by atoms with Gasteiger partial charge in [0.15, 0.2) is 0 Å². The van der Waals surface area contributed by atoms with Crippen molar-refractivity contribution in [1.29, 1.82) is 0 Å². The second-order valence-electron chi connectivity index (χ2n) is 3.90. The van der Waals surface area contributed by atoms with Crippen molar-refractivity contribution < 1.29 is 5.11 Å². The summed E-state index contributed by atoms with van der Waals surface area (Å²) in [4.78, 5) is 6.60. The number of pyridine rings is 1. The SMILES string of the molecule is NC[C@@H](O)c1ccc(N2CCCC2)nc1. The van der Waals surface area contributed by atoms with Crippen LogP contribution >= 0.6 is 0 Å². The van der Waals surface area contributed by atoms with Crippen LogP contribution in [0.5, 0.6) is 0 Å². The molecule has 1 fully saturated rings. The van der Waals surface area contributed by atoms with E-state index in [1.807, 2.05) is 12.1 Å². The molecule has 0 aliphatic carbocycles. The van der Waals surface area contributed by atoms with Gasteiger partial charge in [0.25, 0.3) is 0 Å². The zero-order valence-electron chi connectivity index (χ0n) is 8.76. The molecule has 0 aromatic carbocycles. The molecule has 2 heterocycles. The molecule has 0 radical (unpaired) electrons. The van der Waals surface area contributed by atoms with Gasteiger partial charge in [-0.05, 0) is 18.9 Å². The number of aliphatic hydroxyl groups is 1. The van der Waals surface area contributed by atoms with E-state index in [2.05, 4.69) is 9.88 Å². The monoisotopic (exact) mass is 207 g/mol. The van der Waals surface area contributed by atoms with E-state index in [0.29, 0.717) is 0 Å². The van der Waals surface area contributed by atoms with Crippen LogP contribution in [-0.4, -0.2) is 29.7 Å². The molecule has 1 saturated heterocycles. The Kier molecular flexibility index (Phi) is 3.18. The maximum Gasteiger partial charge on any atom is 0.128 e. The molecule has 1 atom stereocenters. The molecule has 82 valence electrons. The average Bonchev–Trinajstić information content (AvgIpc) is 2.82. The van der Waals surface area contributed by atoms with Crippen molar-refractivity contribution in [3.63, 3.8) is 0 Å². The van der Waals surface area contributed by atoms with Crippen molar-refractivity contribution in [1.82, 2.24) is 4.98 Å². The van der Waals surface area contributed by atoms with Crippen LogP contribution in [0.3, 0.4) is 0 Å². The summed E-state index contributed by atoms with van der Waals surface area (Å²) in [6.07, 6.45) is 3.61. The van der Waals surface area contributed by atoms with Gasteiger partial charge >= 0.3 is 0 Å². The third-order valence-electron chi connectivity index (χ3n) is 2.81. The summed E-state index contributed by atoms with van der Waals surface area (Å²) >= 11 is 0. The van der Waals surface area contributed by atoms with Crippen LogP contribution in [0.2, 0.25) is 0 Å². The predicted molar refractivity (Wildman–Crippen MR) is 59.7 cm³/mol. The molecule has 0 amide bonds. The van der Waals surface area contributed by atoms with E-state index in [4.69, 9.17) is 5.73 Å². The fourth-order valence-corrected chi connectivity index (χ4v) is 1.86. The molecule has 4 heteroatoms. The van der Waals surface area contributed by atoms with E-state index >= 15 is 0 Å². The number of rotatable bonds is 3. The zero-order valence-corrected chi connectivity index (χ0v) is 8.76. The molecule has 15 heavy (non-hydrogen) atoms. The lowest BCUT2D eigenvalue weighted by Crippen LogP contribution is -2.19. The van der Waals surface area contributed by atoms with Crippen molar-refractivity contribution in [2.24, 2.45) is 5.73 Å². The Morgan fingerprint density at radius 3 is 2.67 bits per heavy atom. The first kappa shape index (κ1) is 10.4. The Bertz CT molecular complexity index is 306. The number of hydrogen-bond acceptors (Lipinski definition) is 4. The van der Waals surface area contributed by atoms with Gasteiger partial charge in [-0.3, -0.25) is 0 Å². The number of hydrogen-bond donors (Lipinski definition) is 2. The number of nitrogens with zero attached hydrogens (tertiary/aromatic N) is 2. The van der Waals surface area contributed by atoms with Gasteiger partial charge < -0.3 is 15.7 Å². The quantitative estimate of drug-likeness (QED) is 0.765. The molecule has 0 bridgehead atoms. The molecule has 4 nitrogen and oxygen atoms in total. The van der Waals surface area contributed by atoms with Crippen LogP contribution < -0.4 is 10.6 Å². The number of aromatic nitrogens is 1. The fourth-order valence-electron chi connectivity index (χ4n) is 1.86. The number of aliphatic hydroxyl groups excluding tert-OH is 1. The zero-order chi connectivity index (χ0) is 10.7. The largest absolute Gasteiger partial charge is 0.387 e. The van der Waals surface area contributed by atoms with Gasteiger partial charge in [0.1, 0.15) is 5.82 Å². The third-order valence-corrected chi connectivity index (χ3v) is 2.81. The van der Waals surface area contributed by atoms with Gasteiger partial charge in [0.2, 0.25) is 0 Å². The van der Waals surface area contributed by atoms with Crippen molar-refractivity contribution in [2.45, 2.75) is 18.9 Å². The van der Waals surface area contributed by atoms with Gasteiger partial charge in [0.05, 0.1) is 6.10 Å². The third kappa shape index (κ3) is 2.27. The van der Waals surface area contributed by atoms with Crippen LogP contribution in [0.25, 0.3) is 0 Å². The molecule has 1 aliphatic rings. The molecular weight excluding hydrogens is 190 g/mol. The molecule has 1 aromatic heterocycles. The Labute approximate surface area is 89.7 Å². The highest BCUT2D eigenvalue weighted by Crippen LogP contribution is 2.19. The minimum Gasteiger partial charge on any atom is -0.387 e. The van der Waals surface area contributed by atoms with Gasteiger partial charge in [-0.15, -0.1) is 0 Å². The molecular formula is C11H17N3O. The van der Waals surface area contributed by atoms with E-state index in [0.717, 1.165) is 24.5 Å². The highest BCUT2D eigenvalue weighted by Gasteiger charge is 2.13. The molecule has 3 N–H and O–H groups in total. The van der Waals surface area contributed by atoms with Gasteiger partial charge in [-0.25, -0.2) is 4.98 Å². The smallest absolute Gasteiger partial charge is 0.128 e. The van der Waals surface area contributed by atoms with Gasteiger partial charge in [0, 0.05) is 31.4 Å². The van der Waals surface area contributed by atoms with Crippen molar-refractivity contribution in [2.75, 3.05) is 24.5 Å². The minimum absolute atomic E-state index is 0.241. The number of anilines is 1. The minimum atomic E-state index is -0.592. The van der Waals surface area contributed by atoms with Crippen LogP contribution in [0.1, 0.15) is 24.5 Å². The normalized spacial score (nSPS) is 18.1. The Morgan fingerprint density at radius 1 is 1.40 bits per heavy atom.